The summed E-state index contributed by atoms with van der Waals surface area (Å²) in [6.45, 7) is 2.88. The van der Waals surface area contributed by atoms with Gasteiger partial charge in [-0.2, -0.15) is 5.10 Å². The Morgan fingerprint density at radius 1 is 1.43 bits per heavy atom. The molecule has 0 unspecified atom stereocenters. The highest BCUT2D eigenvalue weighted by Gasteiger charge is 2.51. The summed E-state index contributed by atoms with van der Waals surface area (Å²) in [6, 6.07) is 0. The number of rotatable bonds is 1. The Kier molecular flexibility index (Phi) is 1.56. The maximum atomic E-state index is 9.78. The molecule has 76 valence electrons. The Balaban J connectivity index is 2.12. The second kappa shape index (κ2) is 2.58. The lowest BCUT2D eigenvalue weighted by Crippen LogP contribution is -2.31. The third kappa shape index (κ3) is 0.786. The highest BCUT2D eigenvalue weighted by molar-refractivity contribution is 5.39. The largest absolute Gasteiger partial charge is 0.390 e. The topological polar surface area (TPSA) is 58.3 Å². The third-order valence-corrected chi connectivity index (χ3v) is 3.64. The van der Waals surface area contributed by atoms with Crippen LogP contribution < -0.4 is 0 Å². The van der Waals surface area contributed by atoms with Gasteiger partial charge in [-0.1, -0.05) is 0 Å². The zero-order valence-corrected chi connectivity index (χ0v) is 8.09. The van der Waals surface area contributed by atoms with Gasteiger partial charge < -0.3 is 10.2 Å². The summed E-state index contributed by atoms with van der Waals surface area (Å²) < 4.78 is 1.94. The Morgan fingerprint density at radius 2 is 2.14 bits per heavy atom. The summed E-state index contributed by atoms with van der Waals surface area (Å²) in [7, 11) is 0. The highest BCUT2D eigenvalue weighted by atomic mass is 16.3. The van der Waals surface area contributed by atoms with Gasteiger partial charge in [0.1, 0.15) is 0 Å². The SMILES string of the molecule is CCn1ncc2c1[C@@H]1C[C@H]2[C@@H](O)[C@H]1O. The van der Waals surface area contributed by atoms with Crippen molar-refractivity contribution >= 4 is 0 Å². The Bertz CT molecular complexity index is 374. The lowest BCUT2D eigenvalue weighted by atomic mass is 9.93. The fourth-order valence-corrected chi connectivity index (χ4v) is 2.97. The van der Waals surface area contributed by atoms with E-state index in [4.69, 9.17) is 0 Å². The fraction of sp³-hybridized carbons (Fsp3) is 0.700. The molecule has 0 aliphatic heterocycles. The molecule has 2 aliphatic carbocycles. The van der Waals surface area contributed by atoms with E-state index >= 15 is 0 Å². The number of hydrogen-bond donors (Lipinski definition) is 2. The molecule has 3 rings (SSSR count). The molecule has 1 fully saturated rings. The van der Waals surface area contributed by atoms with Crippen LogP contribution in [0.2, 0.25) is 0 Å². The zero-order valence-electron chi connectivity index (χ0n) is 8.09. The Morgan fingerprint density at radius 3 is 2.86 bits per heavy atom. The third-order valence-electron chi connectivity index (χ3n) is 3.64. The van der Waals surface area contributed by atoms with Crippen molar-refractivity contribution in [2.24, 2.45) is 0 Å². The van der Waals surface area contributed by atoms with E-state index in [1.165, 1.54) is 0 Å². The Hall–Kier alpha value is -0.870. The van der Waals surface area contributed by atoms with Crippen LogP contribution in [0.3, 0.4) is 0 Å². The fourth-order valence-electron chi connectivity index (χ4n) is 2.97. The summed E-state index contributed by atoms with van der Waals surface area (Å²) >= 11 is 0. The normalized spacial score (nSPS) is 39.1. The van der Waals surface area contributed by atoms with Crippen LogP contribution >= 0.6 is 0 Å². The van der Waals surface area contributed by atoms with Crippen molar-refractivity contribution in [3.63, 3.8) is 0 Å². The first kappa shape index (κ1) is 8.44. The molecule has 1 aromatic rings. The molecule has 14 heavy (non-hydrogen) atoms. The van der Waals surface area contributed by atoms with Gasteiger partial charge in [0, 0.05) is 24.1 Å². The van der Waals surface area contributed by atoms with Gasteiger partial charge in [0.15, 0.2) is 0 Å². The molecule has 0 amide bonds. The van der Waals surface area contributed by atoms with Crippen LogP contribution in [0.25, 0.3) is 0 Å². The molecule has 1 aromatic heterocycles. The standard InChI is InChI=1S/C10H14N2O2/c1-2-12-8-6-3-5(7(8)4-11-12)9(13)10(6)14/h4-6,9-10,13-14H,2-3H2,1H3/t5-,6+,9-,10+/m1/s1. The number of aliphatic hydroxyl groups is 2. The number of aryl methyl sites for hydroxylation is 1. The van der Waals surface area contributed by atoms with E-state index in [1.54, 1.807) is 0 Å². The van der Waals surface area contributed by atoms with Gasteiger partial charge in [-0.05, 0) is 18.9 Å². The minimum absolute atomic E-state index is 0.104. The number of aromatic nitrogens is 2. The van der Waals surface area contributed by atoms with Crippen LogP contribution in [-0.2, 0) is 6.54 Å². The summed E-state index contributed by atoms with van der Waals surface area (Å²) in [5.41, 5.74) is 2.30. The van der Waals surface area contributed by atoms with E-state index in [0.717, 1.165) is 24.2 Å². The van der Waals surface area contributed by atoms with Crippen LogP contribution in [0, 0.1) is 0 Å². The minimum Gasteiger partial charge on any atom is -0.390 e. The van der Waals surface area contributed by atoms with Gasteiger partial charge in [-0.15, -0.1) is 0 Å². The van der Waals surface area contributed by atoms with Crippen molar-refractivity contribution in [2.45, 2.75) is 43.9 Å². The van der Waals surface area contributed by atoms with E-state index in [0.29, 0.717) is 0 Å². The summed E-state index contributed by atoms with van der Waals surface area (Å²) in [6.07, 6.45) is 1.56. The van der Waals surface area contributed by atoms with Crippen LogP contribution in [0.15, 0.2) is 6.20 Å². The average molecular weight is 194 g/mol. The van der Waals surface area contributed by atoms with Crippen molar-refractivity contribution < 1.29 is 10.2 Å². The lowest BCUT2D eigenvalue weighted by Gasteiger charge is -2.23. The van der Waals surface area contributed by atoms with Crippen LogP contribution in [0.1, 0.15) is 36.4 Å². The maximum absolute atomic E-state index is 9.78. The number of aliphatic hydroxyl groups excluding tert-OH is 2. The maximum Gasteiger partial charge on any atom is 0.0888 e. The monoisotopic (exact) mass is 194 g/mol. The lowest BCUT2D eigenvalue weighted by molar-refractivity contribution is 0.0204. The van der Waals surface area contributed by atoms with E-state index in [2.05, 4.69) is 5.10 Å². The van der Waals surface area contributed by atoms with Crippen molar-refractivity contribution in [3.05, 3.63) is 17.5 Å². The van der Waals surface area contributed by atoms with Gasteiger partial charge >= 0.3 is 0 Å². The molecule has 2 bridgehead atoms. The predicted octanol–water partition coefficient (Wildman–Crippen LogP) is 0.209. The van der Waals surface area contributed by atoms with Gasteiger partial charge in [0.2, 0.25) is 0 Å². The summed E-state index contributed by atoms with van der Waals surface area (Å²) in [5.74, 6) is 0.220. The number of fused-ring (bicyclic) bond motifs is 5. The molecule has 4 nitrogen and oxygen atoms in total. The molecule has 0 aromatic carbocycles. The first-order chi connectivity index (χ1) is 6.74. The highest BCUT2D eigenvalue weighted by Crippen LogP contribution is 2.52. The zero-order chi connectivity index (χ0) is 9.87. The average Bonchev–Trinajstić information content (AvgIpc) is 2.79. The molecule has 2 N–H and O–H groups in total. The van der Waals surface area contributed by atoms with Crippen molar-refractivity contribution in [1.29, 1.82) is 0 Å². The summed E-state index contributed by atoms with van der Waals surface area (Å²) in [4.78, 5) is 0. The van der Waals surface area contributed by atoms with Gasteiger partial charge in [-0.25, -0.2) is 0 Å². The minimum atomic E-state index is -0.588. The van der Waals surface area contributed by atoms with Gasteiger partial charge in [0.05, 0.1) is 18.4 Å². The van der Waals surface area contributed by atoms with Gasteiger partial charge in [0.25, 0.3) is 0 Å². The molecule has 0 spiro atoms. The smallest absolute Gasteiger partial charge is 0.0888 e. The number of nitrogens with zero attached hydrogens (tertiary/aromatic N) is 2. The van der Waals surface area contributed by atoms with Gasteiger partial charge in [-0.3, -0.25) is 4.68 Å². The molecule has 1 heterocycles. The van der Waals surface area contributed by atoms with Crippen LogP contribution in [0.5, 0.6) is 0 Å². The van der Waals surface area contributed by atoms with E-state index < -0.39 is 12.2 Å². The van der Waals surface area contributed by atoms with Crippen molar-refractivity contribution in [2.75, 3.05) is 0 Å². The number of hydrogen-bond acceptors (Lipinski definition) is 3. The summed E-state index contributed by atoms with van der Waals surface area (Å²) in [5, 5.41) is 23.8. The molecule has 1 saturated carbocycles. The molecule has 4 atom stereocenters. The molecule has 0 saturated heterocycles. The second-order valence-electron chi connectivity index (χ2n) is 4.23. The first-order valence-corrected chi connectivity index (χ1v) is 5.15. The second-order valence-corrected chi connectivity index (χ2v) is 4.23. The van der Waals surface area contributed by atoms with E-state index in [9.17, 15) is 10.2 Å². The molecule has 0 radical (unpaired) electrons. The van der Waals surface area contributed by atoms with E-state index in [1.807, 2.05) is 17.8 Å². The molecular formula is C10H14N2O2. The van der Waals surface area contributed by atoms with Crippen molar-refractivity contribution in [1.82, 2.24) is 9.78 Å². The molecular weight excluding hydrogens is 180 g/mol. The molecule has 4 heteroatoms. The van der Waals surface area contributed by atoms with E-state index in [-0.39, 0.29) is 11.8 Å². The first-order valence-electron chi connectivity index (χ1n) is 5.15. The van der Waals surface area contributed by atoms with Crippen LogP contribution in [-0.4, -0.2) is 32.2 Å². The predicted molar refractivity (Wildman–Crippen MR) is 50.0 cm³/mol. The quantitative estimate of drug-likeness (QED) is 0.672. The Labute approximate surface area is 82.2 Å². The van der Waals surface area contributed by atoms with Crippen LogP contribution in [0.4, 0.5) is 0 Å². The van der Waals surface area contributed by atoms with Crippen molar-refractivity contribution in [3.8, 4) is 0 Å². The molecule has 2 aliphatic rings.